The second-order valence-electron chi connectivity index (χ2n) is 3.31. The molecule has 0 saturated heterocycles. The molecule has 2 rings (SSSR count). The Morgan fingerprint density at radius 1 is 1.62 bits per heavy atom. The van der Waals surface area contributed by atoms with Crippen molar-refractivity contribution in [1.29, 1.82) is 0 Å². The van der Waals surface area contributed by atoms with Crippen molar-refractivity contribution in [3.63, 3.8) is 0 Å². The van der Waals surface area contributed by atoms with E-state index in [9.17, 15) is 4.79 Å². The molecule has 13 heavy (non-hydrogen) atoms. The molecule has 1 aromatic rings. The van der Waals surface area contributed by atoms with Gasteiger partial charge in [-0.25, -0.2) is 0 Å². The van der Waals surface area contributed by atoms with Gasteiger partial charge in [-0.1, -0.05) is 0 Å². The smallest absolute Gasteiger partial charge is 0.252 e. The van der Waals surface area contributed by atoms with E-state index in [1.807, 2.05) is 10.8 Å². The van der Waals surface area contributed by atoms with E-state index in [4.69, 9.17) is 5.11 Å². The quantitative estimate of drug-likeness (QED) is 0.743. The summed E-state index contributed by atoms with van der Waals surface area (Å²) in [5, 5.41) is 15.6. The van der Waals surface area contributed by atoms with E-state index in [0.717, 1.165) is 0 Å². The Hall–Kier alpha value is -0.870. The van der Waals surface area contributed by atoms with E-state index in [1.165, 1.54) is 11.3 Å². The van der Waals surface area contributed by atoms with Crippen LogP contribution in [-0.4, -0.2) is 23.2 Å². The molecule has 0 unspecified atom stereocenters. The zero-order valence-corrected chi connectivity index (χ0v) is 7.88. The predicted octanol–water partition coefficient (Wildman–Crippen LogP) is 1.00. The first kappa shape index (κ1) is 8.72. The molecule has 1 heterocycles. The van der Waals surface area contributed by atoms with Crippen LogP contribution in [0.25, 0.3) is 0 Å². The average Bonchev–Trinajstić information content (AvgIpc) is 2.53. The molecule has 3 nitrogen and oxygen atoms in total. The summed E-state index contributed by atoms with van der Waals surface area (Å²) in [4.78, 5) is 11.4. The largest absolute Gasteiger partial charge is 0.393 e. The first-order chi connectivity index (χ1) is 6.25. The first-order valence-corrected chi connectivity index (χ1v) is 5.21. The summed E-state index contributed by atoms with van der Waals surface area (Å²) in [6.45, 7) is 0. The van der Waals surface area contributed by atoms with Gasteiger partial charge in [-0.15, -0.1) is 0 Å². The highest BCUT2D eigenvalue weighted by Crippen LogP contribution is 2.20. The van der Waals surface area contributed by atoms with Crippen LogP contribution in [-0.2, 0) is 0 Å². The fraction of sp³-hybridized carbons (Fsp3) is 0.444. The second kappa shape index (κ2) is 3.47. The number of aliphatic hydroxyl groups excluding tert-OH is 1. The van der Waals surface area contributed by atoms with E-state index in [1.54, 1.807) is 6.07 Å². The number of nitrogens with one attached hydrogen (secondary N) is 1. The number of thiophene rings is 1. The molecule has 4 heteroatoms. The Labute approximate surface area is 80.4 Å². The van der Waals surface area contributed by atoms with Gasteiger partial charge in [0.05, 0.1) is 6.10 Å². The minimum absolute atomic E-state index is 0.0295. The van der Waals surface area contributed by atoms with Crippen LogP contribution in [0.4, 0.5) is 0 Å². The van der Waals surface area contributed by atoms with Crippen molar-refractivity contribution in [2.24, 2.45) is 0 Å². The van der Waals surface area contributed by atoms with Gasteiger partial charge in [0, 0.05) is 17.0 Å². The number of carbonyl (C=O) groups excluding carboxylic acids is 1. The van der Waals surface area contributed by atoms with Crippen LogP contribution in [0.5, 0.6) is 0 Å². The van der Waals surface area contributed by atoms with Gasteiger partial charge in [0.25, 0.3) is 5.91 Å². The third-order valence-corrected chi connectivity index (χ3v) is 2.92. The maximum atomic E-state index is 11.4. The Balaban J connectivity index is 1.86. The lowest BCUT2D eigenvalue weighted by Crippen LogP contribution is -2.46. The van der Waals surface area contributed by atoms with Crippen LogP contribution in [0.15, 0.2) is 16.8 Å². The third kappa shape index (κ3) is 1.89. The number of hydrogen-bond acceptors (Lipinski definition) is 3. The molecule has 1 amide bonds. The third-order valence-electron chi connectivity index (χ3n) is 2.23. The van der Waals surface area contributed by atoms with Gasteiger partial charge in [0.2, 0.25) is 0 Å². The van der Waals surface area contributed by atoms with Crippen LogP contribution in [0.1, 0.15) is 23.2 Å². The van der Waals surface area contributed by atoms with Gasteiger partial charge in [-0.2, -0.15) is 11.3 Å². The van der Waals surface area contributed by atoms with Crippen molar-refractivity contribution in [3.8, 4) is 0 Å². The Kier molecular flexibility index (Phi) is 2.33. The summed E-state index contributed by atoms with van der Waals surface area (Å²) < 4.78 is 0. The molecule has 1 aliphatic rings. The molecule has 0 radical (unpaired) electrons. The summed E-state index contributed by atoms with van der Waals surface area (Å²) >= 11 is 1.51. The minimum Gasteiger partial charge on any atom is -0.393 e. The summed E-state index contributed by atoms with van der Waals surface area (Å²) in [5.74, 6) is -0.0295. The predicted molar refractivity (Wildman–Crippen MR) is 50.8 cm³/mol. The highest BCUT2D eigenvalue weighted by molar-refractivity contribution is 7.08. The van der Waals surface area contributed by atoms with Gasteiger partial charge in [-0.3, -0.25) is 4.79 Å². The standard InChI is InChI=1S/C9H11NO2S/c11-8-3-7(4-8)10-9(12)6-1-2-13-5-6/h1-2,5,7-8,11H,3-4H2,(H,10,12). The van der Waals surface area contributed by atoms with Crippen LogP contribution in [0.3, 0.4) is 0 Å². The molecule has 0 aromatic carbocycles. The topological polar surface area (TPSA) is 49.3 Å². The second-order valence-corrected chi connectivity index (χ2v) is 4.09. The average molecular weight is 197 g/mol. The Morgan fingerprint density at radius 2 is 2.38 bits per heavy atom. The molecule has 1 aliphatic carbocycles. The number of aliphatic hydroxyl groups is 1. The zero-order valence-electron chi connectivity index (χ0n) is 7.06. The van der Waals surface area contributed by atoms with Gasteiger partial charge >= 0.3 is 0 Å². The SMILES string of the molecule is O=C(NC1CC(O)C1)c1ccsc1. The molecule has 70 valence electrons. The number of hydrogen-bond donors (Lipinski definition) is 2. The maximum Gasteiger partial charge on any atom is 0.252 e. The Bertz CT molecular complexity index is 291. The van der Waals surface area contributed by atoms with Crippen molar-refractivity contribution in [2.75, 3.05) is 0 Å². The van der Waals surface area contributed by atoms with E-state index < -0.39 is 0 Å². The summed E-state index contributed by atoms with van der Waals surface area (Å²) in [5.41, 5.74) is 0.714. The van der Waals surface area contributed by atoms with Gasteiger partial charge in [0.1, 0.15) is 0 Å². The zero-order chi connectivity index (χ0) is 9.26. The van der Waals surface area contributed by atoms with E-state index in [2.05, 4.69) is 5.32 Å². The van der Waals surface area contributed by atoms with Crippen molar-refractivity contribution in [3.05, 3.63) is 22.4 Å². The highest BCUT2D eigenvalue weighted by Gasteiger charge is 2.28. The van der Waals surface area contributed by atoms with Gasteiger partial charge in [0.15, 0.2) is 0 Å². The normalized spacial score (nSPS) is 26.5. The van der Waals surface area contributed by atoms with Crippen molar-refractivity contribution < 1.29 is 9.90 Å². The monoisotopic (exact) mass is 197 g/mol. The summed E-state index contributed by atoms with van der Waals surface area (Å²) in [7, 11) is 0. The summed E-state index contributed by atoms with van der Waals surface area (Å²) in [6.07, 6.45) is 1.17. The molecule has 2 N–H and O–H groups in total. The lowest BCUT2D eigenvalue weighted by molar-refractivity contribution is 0.0563. The molecular weight excluding hydrogens is 186 g/mol. The van der Waals surface area contributed by atoms with E-state index >= 15 is 0 Å². The van der Waals surface area contributed by atoms with Crippen molar-refractivity contribution in [2.45, 2.75) is 25.0 Å². The summed E-state index contributed by atoms with van der Waals surface area (Å²) in [6, 6.07) is 1.97. The van der Waals surface area contributed by atoms with Gasteiger partial charge in [-0.05, 0) is 24.3 Å². The lowest BCUT2D eigenvalue weighted by atomic mass is 9.89. The van der Waals surface area contributed by atoms with Crippen LogP contribution in [0, 0.1) is 0 Å². The van der Waals surface area contributed by atoms with E-state index in [-0.39, 0.29) is 18.1 Å². The molecule has 1 saturated carbocycles. The first-order valence-electron chi connectivity index (χ1n) is 4.27. The lowest BCUT2D eigenvalue weighted by Gasteiger charge is -2.31. The molecule has 1 fully saturated rings. The Morgan fingerprint density at radius 3 is 2.92 bits per heavy atom. The minimum atomic E-state index is -0.215. The fourth-order valence-corrected chi connectivity index (χ4v) is 2.00. The highest BCUT2D eigenvalue weighted by atomic mass is 32.1. The van der Waals surface area contributed by atoms with Gasteiger partial charge < -0.3 is 10.4 Å². The number of carbonyl (C=O) groups is 1. The van der Waals surface area contributed by atoms with E-state index in [0.29, 0.717) is 18.4 Å². The number of amides is 1. The molecular formula is C9H11NO2S. The molecule has 0 aliphatic heterocycles. The van der Waals surface area contributed by atoms with Crippen LogP contribution in [0.2, 0.25) is 0 Å². The number of rotatable bonds is 2. The maximum absolute atomic E-state index is 11.4. The van der Waals surface area contributed by atoms with Crippen LogP contribution >= 0.6 is 11.3 Å². The molecule has 0 spiro atoms. The van der Waals surface area contributed by atoms with Crippen molar-refractivity contribution in [1.82, 2.24) is 5.32 Å². The van der Waals surface area contributed by atoms with Crippen molar-refractivity contribution >= 4 is 17.2 Å². The van der Waals surface area contributed by atoms with Crippen LogP contribution < -0.4 is 5.32 Å². The molecule has 0 atom stereocenters. The fourth-order valence-electron chi connectivity index (χ4n) is 1.37. The molecule has 0 bridgehead atoms. The molecule has 1 aromatic heterocycles.